The fourth-order valence-electron chi connectivity index (χ4n) is 1.20. The Morgan fingerprint density at radius 1 is 1.73 bits per heavy atom. The molecule has 3 N–H and O–H groups in total. The van der Waals surface area contributed by atoms with Crippen LogP contribution in [0.2, 0.25) is 0 Å². The van der Waals surface area contributed by atoms with E-state index in [4.69, 9.17) is 5.73 Å². The van der Waals surface area contributed by atoms with Crippen molar-refractivity contribution < 1.29 is 4.79 Å². The van der Waals surface area contributed by atoms with Crippen LogP contribution in [0.1, 0.15) is 24.3 Å². The Hall–Kier alpha value is -1.78. The first-order chi connectivity index (χ1) is 7.06. The van der Waals surface area contributed by atoms with E-state index in [1.54, 1.807) is 4.68 Å². The van der Waals surface area contributed by atoms with Crippen LogP contribution >= 0.6 is 0 Å². The van der Waals surface area contributed by atoms with Gasteiger partial charge in [0.1, 0.15) is 5.69 Å². The summed E-state index contributed by atoms with van der Waals surface area (Å²) in [4.78, 5) is 11.7. The molecule has 0 saturated heterocycles. The Kier molecular flexibility index (Phi) is 3.49. The lowest BCUT2D eigenvalue weighted by Crippen LogP contribution is -2.28. The summed E-state index contributed by atoms with van der Waals surface area (Å²) in [6.07, 6.45) is 1.49. The Balaban J connectivity index is 2.80. The zero-order chi connectivity index (χ0) is 11.4. The molecule has 0 aliphatic carbocycles. The summed E-state index contributed by atoms with van der Waals surface area (Å²) in [5, 5.41) is 6.71. The van der Waals surface area contributed by atoms with Crippen molar-refractivity contribution in [3.05, 3.63) is 24.0 Å². The summed E-state index contributed by atoms with van der Waals surface area (Å²) in [5.41, 5.74) is 7.37. The largest absolute Gasteiger partial charge is 0.396 e. The molecule has 0 fully saturated rings. The fraction of sp³-hybridized carbons (Fsp3) is 0.400. The number of anilines is 1. The minimum absolute atomic E-state index is 0.213. The number of nitrogens with two attached hydrogens (primary N) is 1. The molecule has 1 aromatic rings. The minimum Gasteiger partial charge on any atom is -0.396 e. The quantitative estimate of drug-likeness (QED) is 0.718. The maximum Gasteiger partial charge on any atom is 0.271 e. The molecule has 15 heavy (non-hydrogen) atoms. The van der Waals surface area contributed by atoms with Crippen LogP contribution in [0.4, 0.5) is 5.69 Å². The van der Waals surface area contributed by atoms with E-state index in [1.807, 2.05) is 13.8 Å². The molecule has 0 unspecified atom stereocenters. The second-order valence-corrected chi connectivity index (χ2v) is 3.40. The third kappa shape index (κ3) is 2.59. The number of hydrogen-bond donors (Lipinski definition) is 2. The van der Waals surface area contributed by atoms with Gasteiger partial charge in [0.2, 0.25) is 0 Å². The van der Waals surface area contributed by atoms with Gasteiger partial charge in [-0.15, -0.1) is 0 Å². The molecule has 82 valence electrons. The van der Waals surface area contributed by atoms with E-state index in [-0.39, 0.29) is 5.91 Å². The molecule has 0 aliphatic rings. The SMILES string of the molecule is C=C(C)CNC(=O)c1c(N)cnn1CC. The van der Waals surface area contributed by atoms with Crippen molar-refractivity contribution in [1.29, 1.82) is 0 Å². The number of amides is 1. The van der Waals surface area contributed by atoms with E-state index in [0.717, 1.165) is 5.57 Å². The predicted octanol–water partition coefficient (Wildman–Crippen LogP) is 0.791. The van der Waals surface area contributed by atoms with Crippen molar-refractivity contribution >= 4 is 11.6 Å². The molecule has 0 bridgehead atoms. The Bertz CT molecular complexity index is 381. The highest BCUT2D eigenvalue weighted by atomic mass is 16.2. The molecule has 0 aromatic carbocycles. The molecule has 1 rings (SSSR count). The number of nitrogen functional groups attached to an aromatic ring is 1. The number of rotatable bonds is 4. The highest BCUT2D eigenvalue weighted by Gasteiger charge is 2.15. The monoisotopic (exact) mass is 208 g/mol. The van der Waals surface area contributed by atoms with Gasteiger partial charge in [-0.1, -0.05) is 12.2 Å². The minimum atomic E-state index is -0.213. The van der Waals surface area contributed by atoms with Gasteiger partial charge in [0.05, 0.1) is 11.9 Å². The highest BCUT2D eigenvalue weighted by molar-refractivity contribution is 5.97. The third-order valence-corrected chi connectivity index (χ3v) is 1.93. The summed E-state index contributed by atoms with van der Waals surface area (Å²) >= 11 is 0. The molecule has 0 aliphatic heterocycles. The van der Waals surface area contributed by atoms with Gasteiger partial charge in [-0.3, -0.25) is 9.48 Å². The van der Waals surface area contributed by atoms with Crippen molar-refractivity contribution in [2.24, 2.45) is 0 Å². The lowest BCUT2D eigenvalue weighted by molar-refractivity contribution is 0.0947. The summed E-state index contributed by atoms with van der Waals surface area (Å²) in [6.45, 7) is 8.53. The van der Waals surface area contributed by atoms with Crippen LogP contribution in [0.3, 0.4) is 0 Å². The van der Waals surface area contributed by atoms with Crippen LogP contribution in [0, 0.1) is 0 Å². The second-order valence-electron chi connectivity index (χ2n) is 3.40. The summed E-state index contributed by atoms with van der Waals surface area (Å²) in [7, 11) is 0. The summed E-state index contributed by atoms with van der Waals surface area (Å²) < 4.78 is 1.57. The first-order valence-corrected chi connectivity index (χ1v) is 4.80. The van der Waals surface area contributed by atoms with Gasteiger partial charge in [-0.25, -0.2) is 0 Å². The average molecular weight is 208 g/mol. The van der Waals surface area contributed by atoms with Crippen molar-refractivity contribution in [2.75, 3.05) is 12.3 Å². The van der Waals surface area contributed by atoms with Crippen LogP contribution in [-0.2, 0) is 6.54 Å². The smallest absolute Gasteiger partial charge is 0.271 e. The van der Waals surface area contributed by atoms with E-state index < -0.39 is 0 Å². The molecular weight excluding hydrogens is 192 g/mol. The first kappa shape index (κ1) is 11.3. The van der Waals surface area contributed by atoms with E-state index in [0.29, 0.717) is 24.5 Å². The maximum atomic E-state index is 11.7. The van der Waals surface area contributed by atoms with Crippen molar-refractivity contribution in [3.8, 4) is 0 Å². The van der Waals surface area contributed by atoms with Crippen LogP contribution in [0.25, 0.3) is 0 Å². The van der Waals surface area contributed by atoms with Gasteiger partial charge >= 0.3 is 0 Å². The zero-order valence-electron chi connectivity index (χ0n) is 9.08. The molecule has 1 heterocycles. The molecule has 1 amide bonds. The van der Waals surface area contributed by atoms with Crippen LogP contribution in [0.15, 0.2) is 18.3 Å². The average Bonchev–Trinajstić information content (AvgIpc) is 2.56. The second kappa shape index (κ2) is 4.63. The van der Waals surface area contributed by atoms with E-state index in [9.17, 15) is 4.79 Å². The van der Waals surface area contributed by atoms with Crippen molar-refractivity contribution in [3.63, 3.8) is 0 Å². The Morgan fingerprint density at radius 3 is 2.93 bits per heavy atom. The number of nitrogens with one attached hydrogen (secondary N) is 1. The normalized spacial score (nSPS) is 10.0. The molecule has 0 atom stereocenters. The van der Waals surface area contributed by atoms with E-state index in [1.165, 1.54) is 6.20 Å². The van der Waals surface area contributed by atoms with Gasteiger partial charge in [0.25, 0.3) is 5.91 Å². The van der Waals surface area contributed by atoms with Gasteiger partial charge < -0.3 is 11.1 Å². The number of carbonyl (C=O) groups is 1. The van der Waals surface area contributed by atoms with E-state index >= 15 is 0 Å². The number of nitrogens with zero attached hydrogens (tertiary/aromatic N) is 2. The third-order valence-electron chi connectivity index (χ3n) is 1.93. The molecule has 0 radical (unpaired) electrons. The van der Waals surface area contributed by atoms with Gasteiger partial charge in [0.15, 0.2) is 0 Å². The van der Waals surface area contributed by atoms with Crippen molar-refractivity contribution in [2.45, 2.75) is 20.4 Å². The molecule has 1 aromatic heterocycles. The highest BCUT2D eigenvalue weighted by Crippen LogP contribution is 2.10. The van der Waals surface area contributed by atoms with Crippen molar-refractivity contribution in [1.82, 2.24) is 15.1 Å². The first-order valence-electron chi connectivity index (χ1n) is 4.80. The van der Waals surface area contributed by atoms with Gasteiger partial charge in [-0.2, -0.15) is 5.10 Å². The van der Waals surface area contributed by atoms with Gasteiger partial charge in [-0.05, 0) is 13.8 Å². The molecule has 0 saturated carbocycles. The van der Waals surface area contributed by atoms with Crippen LogP contribution in [-0.4, -0.2) is 22.2 Å². The predicted molar refractivity (Wildman–Crippen MR) is 59.5 cm³/mol. The Morgan fingerprint density at radius 2 is 2.40 bits per heavy atom. The molecule has 5 heteroatoms. The fourth-order valence-corrected chi connectivity index (χ4v) is 1.20. The molecule has 0 spiro atoms. The van der Waals surface area contributed by atoms with E-state index in [2.05, 4.69) is 17.0 Å². The summed E-state index contributed by atoms with van der Waals surface area (Å²) in [5.74, 6) is -0.213. The zero-order valence-corrected chi connectivity index (χ0v) is 9.08. The standard InChI is InChI=1S/C10H16N4O/c1-4-14-9(8(11)6-13-14)10(15)12-5-7(2)3/h6H,2,4-5,11H2,1,3H3,(H,12,15). The van der Waals surface area contributed by atoms with Crippen LogP contribution in [0.5, 0.6) is 0 Å². The maximum absolute atomic E-state index is 11.7. The number of carbonyl (C=O) groups excluding carboxylic acids is 1. The molecular formula is C10H16N4O. The topological polar surface area (TPSA) is 72.9 Å². The lowest BCUT2D eigenvalue weighted by atomic mass is 10.3. The molecule has 5 nitrogen and oxygen atoms in total. The lowest BCUT2D eigenvalue weighted by Gasteiger charge is -2.07. The van der Waals surface area contributed by atoms with Crippen LogP contribution < -0.4 is 11.1 Å². The Labute approximate surface area is 89.0 Å². The number of aromatic nitrogens is 2. The number of aryl methyl sites for hydroxylation is 1. The summed E-state index contributed by atoms with van der Waals surface area (Å²) in [6, 6.07) is 0. The number of hydrogen-bond acceptors (Lipinski definition) is 3. The van der Waals surface area contributed by atoms with Gasteiger partial charge in [0, 0.05) is 13.1 Å².